The predicted octanol–water partition coefficient (Wildman–Crippen LogP) is 3.15. The number of ether oxygens (including phenoxy) is 1. The molecule has 2 aromatic carbocycles. The first-order valence-corrected chi connectivity index (χ1v) is 9.73. The first-order chi connectivity index (χ1) is 11.9. The van der Waals surface area contributed by atoms with Crippen LogP contribution in [0.25, 0.3) is 0 Å². The van der Waals surface area contributed by atoms with Crippen LogP contribution in [0.4, 0.5) is 0 Å². The van der Waals surface area contributed by atoms with Gasteiger partial charge in [-0.05, 0) is 74.2 Å². The second-order valence-corrected chi connectivity index (χ2v) is 8.75. The number of nitrogens with one attached hydrogen (secondary N) is 1. The molecule has 0 fully saturated rings. The molecule has 0 unspecified atom stereocenters. The van der Waals surface area contributed by atoms with E-state index < -0.39 is 15.3 Å². The summed E-state index contributed by atoms with van der Waals surface area (Å²) >= 11 is 0. The van der Waals surface area contributed by atoms with E-state index in [0.29, 0.717) is 29.9 Å². The van der Waals surface area contributed by atoms with Gasteiger partial charge in [0.25, 0.3) is 0 Å². The Labute approximate surface area is 148 Å². The minimum Gasteiger partial charge on any atom is -0.457 e. The van der Waals surface area contributed by atoms with Crippen LogP contribution in [0.5, 0.6) is 11.5 Å². The van der Waals surface area contributed by atoms with Gasteiger partial charge >= 0.3 is 0 Å². The highest BCUT2D eigenvalue weighted by atomic mass is 32.2. The number of benzene rings is 2. The maximum Gasteiger partial charge on any atom is 0.214 e. The molecule has 25 heavy (non-hydrogen) atoms. The lowest BCUT2D eigenvalue weighted by atomic mass is 10.1. The van der Waals surface area contributed by atoms with E-state index >= 15 is 0 Å². The van der Waals surface area contributed by atoms with Crippen LogP contribution >= 0.6 is 0 Å². The van der Waals surface area contributed by atoms with Gasteiger partial charge in [0.15, 0.2) is 0 Å². The monoisotopic (exact) mass is 356 g/mol. The predicted molar refractivity (Wildman–Crippen MR) is 96.1 cm³/mol. The van der Waals surface area contributed by atoms with Gasteiger partial charge < -0.3 is 4.74 Å². The van der Waals surface area contributed by atoms with Crippen LogP contribution in [-0.2, 0) is 22.9 Å². The van der Waals surface area contributed by atoms with Gasteiger partial charge in [-0.25, -0.2) is 13.1 Å². The molecule has 1 aliphatic carbocycles. The topological polar surface area (TPSA) is 79.2 Å². The molecule has 1 N–H and O–H groups in total. The lowest BCUT2D eigenvalue weighted by molar-refractivity contribution is 0.482. The standard InChI is InChI=1S/C19H20N2O3S/c1-13(2)25(22,23)21-17-9-15-5-8-19(11-16(15)10-17)24-18-6-3-14(12-20)4-7-18/h3-8,11,13,17,21H,9-10H2,1-2H3/t17-/m0/s1. The van der Waals surface area contributed by atoms with Gasteiger partial charge in [-0.1, -0.05) is 6.07 Å². The quantitative estimate of drug-likeness (QED) is 0.892. The summed E-state index contributed by atoms with van der Waals surface area (Å²) in [5.74, 6) is 1.37. The molecule has 1 atom stereocenters. The zero-order valence-electron chi connectivity index (χ0n) is 14.2. The summed E-state index contributed by atoms with van der Waals surface area (Å²) in [5.41, 5.74) is 2.83. The van der Waals surface area contributed by atoms with Crippen molar-refractivity contribution in [1.29, 1.82) is 5.26 Å². The Morgan fingerprint density at radius 3 is 2.36 bits per heavy atom. The number of hydrogen-bond acceptors (Lipinski definition) is 4. The van der Waals surface area contributed by atoms with Gasteiger partial charge in [-0.2, -0.15) is 5.26 Å². The SMILES string of the molecule is CC(C)S(=O)(=O)N[C@H]1Cc2ccc(Oc3ccc(C#N)cc3)cc2C1. The summed E-state index contributed by atoms with van der Waals surface area (Å²) in [6, 6.07) is 14.7. The minimum atomic E-state index is -3.27. The van der Waals surface area contributed by atoms with E-state index in [9.17, 15) is 8.42 Å². The maximum absolute atomic E-state index is 12.0. The Morgan fingerprint density at radius 1 is 1.08 bits per heavy atom. The smallest absolute Gasteiger partial charge is 0.214 e. The molecule has 0 heterocycles. The fourth-order valence-electron chi connectivity index (χ4n) is 2.84. The number of nitrogens with zero attached hydrogens (tertiary/aromatic N) is 1. The number of nitriles is 1. The van der Waals surface area contributed by atoms with Crippen LogP contribution in [0.3, 0.4) is 0 Å². The van der Waals surface area contributed by atoms with Gasteiger partial charge in [0.05, 0.1) is 16.9 Å². The van der Waals surface area contributed by atoms with Gasteiger partial charge in [-0.15, -0.1) is 0 Å². The summed E-state index contributed by atoms with van der Waals surface area (Å²) in [5, 5.41) is 8.39. The molecule has 0 aliphatic heterocycles. The Bertz CT molecular complexity index is 913. The van der Waals surface area contributed by atoms with Gasteiger partial charge in [0.2, 0.25) is 10.0 Å². The second-order valence-electron chi connectivity index (χ2n) is 6.49. The first kappa shape index (κ1) is 17.5. The highest BCUT2D eigenvalue weighted by molar-refractivity contribution is 7.90. The van der Waals surface area contributed by atoms with Crippen LogP contribution in [0.2, 0.25) is 0 Å². The molecule has 6 heteroatoms. The van der Waals surface area contributed by atoms with Gasteiger partial charge in [0.1, 0.15) is 11.5 Å². The molecule has 0 amide bonds. The van der Waals surface area contributed by atoms with Crippen LogP contribution in [0, 0.1) is 11.3 Å². The van der Waals surface area contributed by atoms with Crippen molar-refractivity contribution in [2.24, 2.45) is 0 Å². The third kappa shape index (κ3) is 4.01. The van der Waals surface area contributed by atoms with E-state index in [4.69, 9.17) is 10.00 Å². The second kappa shape index (κ2) is 6.87. The first-order valence-electron chi connectivity index (χ1n) is 8.18. The Kier molecular flexibility index (Phi) is 4.80. The molecule has 2 aromatic rings. The van der Waals surface area contributed by atoms with Crippen molar-refractivity contribution in [2.75, 3.05) is 0 Å². The minimum absolute atomic E-state index is 0.104. The summed E-state index contributed by atoms with van der Waals surface area (Å²) in [7, 11) is -3.27. The lowest BCUT2D eigenvalue weighted by Gasteiger charge is -2.14. The van der Waals surface area contributed by atoms with E-state index in [1.807, 2.05) is 18.2 Å². The average Bonchev–Trinajstić information content (AvgIpc) is 2.96. The number of hydrogen-bond donors (Lipinski definition) is 1. The van der Waals surface area contributed by atoms with Gasteiger partial charge in [-0.3, -0.25) is 0 Å². The van der Waals surface area contributed by atoms with E-state index in [1.165, 1.54) is 0 Å². The van der Waals surface area contributed by atoms with E-state index in [-0.39, 0.29) is 6.04 Å². The zero-order chi connectivity index (χ0) is 18.0. The number of rotatable bonds is 5. The highest BCUT2D eigenvalue weighted by Gasteiger charge is 2.27. The third-order valence-electron chi connectivity index (χ3n) is 4.28. The molecule has 0 spiro atoms. The fraction of sp³-hybridized carbons (Fsp3) is 0.316. The van der Waals surface area contributed by atoms with E-state index in [0.717, 1.165) is 11.1 Å². The molecule has 130 valence electrons. The Balaban J connectivity index is 1.70. The van der Waals surface area contributed by atoms with E-state index in [1.54, 1.807) is 38.1 Å². The largest absolute Gasteiger partial charge is 0.457 e. The van der Waals surface area contributed by atoms with Crippen molar-refractivity contribution >= 4 is 10.0 Å². The molecule has 0 radical (unpaired) electrons. The summed E-state index contributed by atoms with van der Waals surface area (Å²) in [6.45, 7) is 3.35. The third-order valence-corrected chi connectivity index (χ3v) is 6.18. The molecule has 5 nitrogen and oxygen atoms in total. The summed E-state index contributed by atoms with van der Waals surface area (Å²) in [4.78, 5) is 0. The average molecular weight is 356 g/mol. The van der Waals surface area contributed by atoms with Crippen LogP contribution in [0.15, 0.2) is 42.5 Å². The fourth-order valence-corrected chi connectivity index (χ4v) is 3.75. The molecular formula is C19H20N2O3S. The van der Waals surface area contributed by atoms with Crippen molar-refractivity contribution in [2.45, 2.75) is 38.0 Å². The van der Waals surface area contributed by atoms with Crippen LogP contribution < -0.4 is 9.46 Å². The normalized spacial score (nSPS) is 16.5. The number of fused-ring (bicyclic) bond motifs is 1. The molecule has 0 aromatic heterocycles. The highest BCUT2D eigenvalue weighted by Crippen LogP contribution is 2.29. The van der Waals surface area contributed by atoms with Crippen molar-refractivity contribution in [3.8, 4) is 17.6 Å². The molecular weight excluding hydrogens is 336 g/mol. The van der Waals surface area contributed by atoms with Crippen molar-refractivity contribution in [1.82, 2.24) is 4.72 Å². The van der Waals surface area contributed by atoms with Crippen molar-refractivity contribution in [3.63, 3.8) is 0 Å². The van der Waals surface area contributed by atoms with E-state index in [2.05, 4.69) is 10.8 Å². The van der Waals surface area contributed by atoms with Gasteiger partial charge in [0, 0.05) is 6.04 Å². The number of sulfonamides is 1. The van der Waals surface area contributed by atoms with Crippen LogP contribution in [-0.4, -0.2) is 19.7 Å². The molecule has 0 bridgehead atoms. The molecule has 0 saturated heterocycles. The van der Waals surface area contributed by atoms with Crippen molar-refractivity contribution < 1.29 is 13.2 Å². The molecule has 0 saturated carbocycles. The summed E-state index contributed by atoms with van der Waals surface area (Å²) < 4.78 is 32.7. The zero-order valence-corrected chi connectivity index (χ0v) is 15.0. The maximum atomic E-state index is 12.0. The van der Waals surface area contributed by atoms with Crippen LogP contribution in [0.1, 0.15) is 30.5 Å². The Morgan fingerprint density at radius 2 is 1.72 bits per heavy atom. The molecule has 1 aliphatic rings. The lowest BCUT2D eigenvalue weighted by Crippen LogP contribution is -2.39. The summed E-state index contributed by atoms with van der Waals surface area (Å²) in [6.07, 6.45) is 1.35. The Hall–Kier alpha value is -2.36. The molecule has 3 rings (SSSR count). The van der Waals surface area contributed by atoms with Crippen molar-refractivity contribution in [3.05, 3.63) is 59.2 Å².